The maximum Gasteiger partial charge on any atom is 0.182 e. The van der Waals surface area contributed by atoms with Crippen molar-refractivity contribution in [3.63, 3.8) is 0 Å². The summed E-state index contributed by atoms with van der Waals surface area (Å²) in [6.45, 7) is 0. The summed E-state index contributed by atoms with van der Waals surface area (Å²) in [5, 5.41) is 3.71. The minimum absolute atomic E-state index is 0.759. The van der Waals surface area contributed by atoms with E-state index in [-0.39, 0.29) is 0 Å². The van der Waals surface area contributed by atoms with Gasteiger partial charge < -0.3 is 0 Å². The molecule has 5 aromatic heterocycles. The summed E-state index contributed by atoms with van der Waals surface area (Å²) >= 11 is 1.82. The van der Waals surface area contributed by atoms with Gasteiger partial charge in [0.25, 0.3) is 0 Å². The van der Waals surface area contributed by atoms with Crippen molar-refractivity contribution in [2.75, 3.05) is 0 Å². The maximum absolute atomic E-state index is 4.76. The molecule has 2 aromatic carbocycles. The van der Waals surface area contributed by atoms with Crippen molar-refractivity contribution < 1.29 is 0 Å². The zero-order valence-corrected chi connectivity index (χ0v) is 15.8. The Balaban J connectivity index is 1.73. The number of fused-ring (bicyclic) bond motifs is 8. The summed E-state index contributed by atoms with van der Waals surface area (Å²) in [6.07, 6.45) is 6.93. The smallest absolute Gasteiger partial charge is 0.182 e. The molecule has 0 bridgehead atoms. The first kappa shape index (κ1) is 15.1. The molecule has 0 amide bonds. The maximum atomic E-state index is 4.76. The first-order chi connectivity index (χ1) is 14.4. The Morgan fingerprint density at radius 3 is 2.79 bits per heavy atom. The van der Waals surface area contributed by atoms with Crippen molar-refractivity contribution in [3.05, 3.63) is 73.6 Å². The molecular formula is C22H12N6S. The number of aromatic nitrogens is 6. The molecule has 136 valence electrons. The van der Waals surface area contributed by atoms with Crippen molar-refractivity contribution in [2.45, 2.75) is 0 Å². The lowest BCUT2D eigenvalue weighted by atomic mass is 10.1. The highest BCUT2D eigenvalue weighted by Crippen LogP contribution is 2.41. The average molecular weight is 392 g/mol. The van der Waals surface area contributed by atoms with Crippen molar-refractivity contribution in [2.24, 2.45) is 0 Å². The van der Waals surface area contributed by atoms with Crippen LogP contribution in [0, 0.1) is 0 Å². The Labute approximate surface area is 167 Å². The van der Waals surface area contributed by atoms with E-state index in [0.717, 1.165) is 33.1 Å². The van der Waals surface area contributed by atoms with Gasteiger partial charge in [-0.1, -0.05) is 24.3 Å². The van der Waals surface area contributed by atoms with Gasteiger partial charge in [-0.15, -0.1) is 11.3 Å². The van der Waals surface area contributed by atoms with Gasteiger partial charge >= 0.3 is 0 Å². The van der Waals surface area contributed by atoms with E-state index in [0.29, 0.717) is 0 Å². The summed E-state index contributed by atoms with van der Waals surface area (Å²) < 4.78 is 6.66. The fourth-order valence-corrected chi connectivity index (χ4v) is 5.45. The lowest BCUT2D eigenvalue weighted by Gasteiger charge is -2.08. The highest BCUT2D eigenvalue weighted by atomic mass is 32.1. The van der Waals surface area contributed by atoms with Crippen LogP contribution in [-0.4, -0.2) is 29.3 Å². The Hall–Kier alpha value is -3.84. The second-order valence-corrected chi connectivity index (χ2v) is 7.99. The highest BCUT2D eigenvalue weighted by Gasteiger charge is 2.19. The number of nitrogens with zero attached hydrogens (tertiary/aromatic N) is 6. The number of hydrogen-bond acceptors (Lipinski definition) is 5. The van der Waals surface area contributed by atoms with Gasteiger partial charge in [-0.3, -0.25) is 4.98 Å². The Morgan fingerprint density at radius 2 is 1.79 bits per heavy atom. The fourth-order valence-electron chi connectivity index (χ4n) is 4.21. The van der Waals surface area contributed by atoms with Gasteiger partial charge in [-0.25, -0.2) is 24.3 Å². The van der Waals surface area contributed by atoms with Crippen molar-refractivity contribution in [1.82, 2.24) is 29.3 Å². The van der Waals surface area contributed by atoms with Crippen LogP contribution in [0.1, 0.15) is 0 Å². The monoisotopic (exact) mass is 392 g/mol. The largest absolute Gasteiger partial charge is 0.254 e. The highest BCUT2D eigenvalue weighted by molar-refractivity contribution is 7.26. The third-order valence-electron chi connectivity index (χ3n) is 5.42. The standard InChI is InChI=1S/C22H12N6S/c1-2-6-18-13(4-1)14-7-8-16-19(21(14)29-18)20-17(5-3-9-24-20)28(16)27-12-26-15-10-23-11-25-22(15)27/h1-12H. The first-order valence-corrected chi connectivity index (χ1v) is 10.0. The lowest BCUT2D eigenvalue weighted by molar-refractivity contribution is 0.727. The number of rotatable bonds is 1. The molecule has 7 rings (SSSR count). The number of benzene rings is 2. The minimum Gasteiger partial charge on any atom is -0.254 e. The molecule has 5 heterocycles. The van der Waals surface area contributed by atoms with Gasteiger partial charge in [0.05, 0.1) is 22.7 Å². The van der Waals surface area contributed by atoms with Crippen LogP contribution in [0.25, 0.3) is 53.3 Å². The summed E-state index contributed by atoms with van der Waals surface area (Å²) in [7, 11) is 0. The van der Waals surface area contributed by atoms with Crippen molar-refractivity contribution in [1.29, 1.82) is 0 Å². The van der Waals surface area contributed by atoms with Crippen LogP contribution in [0.5, 0.6) is 0 Å². The second kappa shape index (κ2) is 5.36. The fraction of sp³-hybridized carbons (Fsp3) is 0. The van der Waals surface area contributed by atoms with Gasteiger partial charge in [0.15, 0.2) is 5.65 Å². The summed E-state index contributed by atoms with van der Waals surface area (Å²) in [6, 6.07) is 17.0. The first-order valence-electron chi connectivity index (χ1n) is 9.23. The third-order valence-corrected chi connectivity index (χ3v) is 6.62. The van der Waals surface area contributed by atoms with Gasteiger partial charge in [-0.2, -0.15) is 0 Å². The van der Waals surface area contributed by atoms with E-state index >= 15 is 0 Å². The molecule has 0 fully saturated rings. The van der Waals surface area contributed by atoms with Gasteiger partial charge in [0.2, 0.25) is 0 Å². The number of pyridine rings is 1. The molecule has 0 atom stereocenters. The predicted octanol–water partition coefficient (Wildman–Crippen LogP) is 5.01. The van der Waals surface area contributed by atoms with E-state index in [1.54, 1.807) is 18.9 Å². The Kier molecular flexibility index (Phi) is 2.80. The van der Waals surface area contributed by atoms with E-state index in [4.69, 9.17) is 4.98 Å². The van der Waals surface area contributed by atoms with Gasteiger partial charge in [0, 0.05) is 31.8 Å². The number of thiophene rings is 1. The Morgan fingerprint density at radius 1 is 0.828 bits per heavy atom. The second-order valence-electron chi connectivity index (χ2n) is 6.94. The SMILES string of the molecule is c1ccc2c(c1)sc1c2ccc2c1c1ncccc1n2-n1cnc2cncnc21. The molecule has 6 nitrogen and oxygen atoms in total. The quantitative estimate of drug-likeness (QED) is 0.394. The van der Waals surface area contributed by atoms with Crippen LogP contribution in [0.15, 0.2) is 73.6 Å². The molecule has 0 saturated heterocycles. The molecule has 7 heteroatoms. The predicted molar refractivity (Wildman–Crippen MR) is 116 cm³/mol. The molecule has 0 spiro atoms. The van der Waals surface area contributed by atoms with E-state index in [2.05, 4.69) is 62.1 Å². The van der Waals surface area contributed by atoms with Crippen LogP contribution in [0.3, 0.4) is 0 Å². The van der Waals surface area contributed by atoms with Crippen LogP contribution in [0.4, 0.5) is 0 Å². The molecule has 0 aliphatic rings. The lowest BCUT2D eigenvalue weighted by Crippen LogP contribution is -2.08. The Bertz CT molecular complexity index is 1720. The van der Waals surface area contributed by atoms with Gasteiger partial charge in [0.1, 0.15) is 18.2 Å². The molecule has 7 aromatic rings. The van der Waals surface area contributed by atoms with Gasteiger partial charge in [-0.05, 0) is 24.3 Å². The average Bonchev–Trinajstić information content (AvgIpc) is 3.44. The summed E-state index contributed by atoms with van der Waals surface area (Å²) in [4.78, 5) is 17.8. The topological polar surface area (TPSA) is 61.4 Å². The van der Waals surface area contributed by atoms with Crippen LogP contribution in [-0.2, 0) is 0 Å². The zero-order valence-electron chi connectivity index (χ0n) is 15.0. The van der Waals surface area contributed by atoms with E-state index in [9.17, 15) is 0 Å². The summed E-state index contributed by atoms with van der Waals surface area (Å²) in [5.41, 5.74) is 4.60. The van der Waals surface area contributed by atoms with E-state index in [1.807, 2.05) is 28.3 Å². The van der Waals surface area contributed by atoms with Crippen molar-refractivity contribution in [3.8, 4) is 0 Å². The van der Waals surface area contributed by atoms with Crippen LogP contribution >= 0.6 is 11.3 Å². The molecule has 0 aliphatic carbocycles. The molecule has 0 saturated carbocycles. The molecule has 0 aliphatic heterocycles. The molecule has 0 unspecified atom stereocenters. The number of imidazole rings is 1. The molecule has 0 radical (unpaired) electrons. The zero-order chi connectivity index (χ0) is 18.9. The minimum atomic E-state index is 0.759. The van der Waals surface area contributed by atoms with Crippen LogP contribution < -0.4 is 0 Å². The molecule has 0 N–H and O–H groups in total. The normalized spacial score (nSPS) is 12.1. The summed E-state index contributed by atoms with van der Waals surface area (Å²) in [5.74, 6) is 0. The third kappa shape index (κ3) is 1.89. The number of hydrogen-bond donors (Lipinski definition) is 0. The van der Waals surface area contributed by atoms with Crippen molar-refractivity contribution >= 4 is 64.6 Å². The van der Waals surface area contributed by atoms with E-state index < -0.39 is 0 Å². The van der Waals surface area contributed by atoms with Crippen LogP contribution in [0.2, 0.25) is 0 Å². The molecular weight excluding hydrogens is 380 g/mol. The molecule has 29 heavy (non-hydrogen) atoms. The van der Waals surface area contributed by atoms with E-state index in [1.165, 1.54) is 20.2 Å².